The molecule has 0 saturated heterocycles. The first-order valence-corrected chi connectivity index (χ1v) is 9.90. The van der Waals surface area contributed by atoms with E-state index in [9.17, 15) is 0 Å². The maximum Gasteiger partial charge on any atom is 0.214 e. The van der Waals surface area contributed by atoms with Gasteiger partial charge in [0.15, 0.2) is 5.82 Å². The number of aromatic nitrogens is 3. The molecule has 4 rings (SSSR count). The van der Waals surface area contributed by atoms with E-state index >= 15 is 0 Å². The Bertz CT molecular complexity index is 1140. The van der Waals surface area contributed by atoms with E-state index in [-0.39, 0.29) is 0 Å². The molecule has 3 aromatic carbocycles. The van der Waals surface area contributed by atoms with Gasteiger partial charge in [0.2, 0.25) is 4.77 Å². The van der Waals surface area contributed by atoms with Gasteiger partial charge < -0.3 is 10.2 Å². The number of benzene rings is 3. The number of rotatable bonds is 7. The summed E-state index contributed by atoms with van der Waals surface area (Å²) in [4.78, 5) is 0. The molecule has 0 spiro atoms. The zero-order chi connectivity index (χ0) is 20.1. The minimum absolute atomic E-state index is 0.475. The minimum Gasteiger partial charge on any atom is -0.489 e. The second-order valence-corrected chi connectivity index (χ2v) is 7.27. The average Bonchev–Trinajstić information content (AvgIpc) is 3.12. The average molecular weight is 423 g/mol. The van der Waals surface area contributed by atoms with Crippen LogP contribution in [-0.2, 0) is 13.2 Å². The normalized spacial score (nSPS) is 10.7. The zero-order valence-corrected chi connectivity index (χ0v) is 17.1. The van der Waals surface area contributed by atoms with E-state index in [4.69, 9.17) is 28.6 Å². The van der Waals surface area contributed by atoms with Crippen molar-refractivity contribution in [3.63, 3.8) is 0 Å². The van der Waals surface area contributed by atoms with Gasteiger partial charge in [-0.3, -0.25) is 0 Å². The molecule has 0 saturated carbocycles. The SMILES string of the molecule is S=c1[nH]nc(-c2ccccc2)n1NCc1ccc(OCc2cccc(Cl)c2)cc1. The third-order valence-electron chi connectivity index (χ3n) is 4.36. The Kier molecular flexibility index (Phi) is 5.93. The summed E-state index contributed by atoms with van der Waals surface area (Å²) in [6.45, 7) is 1.07. The van der Waals surface area contributed by atoms with Crippen LogP contribution in [0.3, 0.4) is 0 Å². The molecule has 146 valence electrons. The third kappa shape index (κ3) is 4.85. The van der Waals surface area contributed by atoms with Crippen LogP contribution in [0.2, 0.25) is 5.02 Å². The predicted octanol–water partition coefficient (Wildman–Crippen LogP) is 5.58. The molecule has 5 nitrogen and oxygen atoms in total. The number of halogens is 1. The van der Waals surface area contributed by atoms with Crippen LogP contribution in [0.5, 0.6) is 5.75 Å². The van der Waals surface area contributed by atoms with Crippen molar-refractivity contribution in [3.8, 4) is 17.1 Å². The van der Waals surface area contributed by atoms with E-state index in [1.165, 1.54) is 0 Å². The largest absolute Gasteiger partial charge is 0.489 e. The number of hydrogen-bond donors (Lipinski definition) is 2. The highest BCUT2D eigenvalue weighted by Gasteiger charge is 2.08. The van der Waals surface area contributed by atoms with Crippen molar-refractivity contribution in [1.82, 2.24) is 14.9 Å². The molecule has 29 heavy (non-hydrogen) atoms. The van der Waals surface area contributed by atoms with E-state index in [0.717, 1.165) is 28.3 Å². The molecule has 0 aliphatic rings. The Balaban J connectivity index is 1.39. The summed E-state index contributed by atoms with van der Waals surface area (Å²) in [7, 11) is 0. The lowest BCUT2D eigenvalue weighted by atomic mass is 10.2. The highest BCUT2D eigenvalue weighted by Crippen LogP contribution is 2.18. The van der Waals surface area contributed by atoms with E-state index in [1.54, 1.807) is 4.68 Å². The van der Waals surface area contributed by atoms with Crippen LogP contribution in [0.15, 0.2) is 78.9 Å². The number of H-pyrrole nitrogens is 1. The van der Waals surface area contributed by atoms with Crippen molar-refractivity contribution in [1.29, 1.82) is 0 Å². The molecule has 0 radical (unpaired) electrons. The van der Waals surface area contributed by atoms with Crippen molar-refractivity contribution < 1.29 is 4.74 Å². The fraction of sp³-hybridized carbons (Fsp3) is 0.0909. The standard InChI is InChI=1S/C22H19ClN4OS/c23-19-8-4-5-17(13-19)15-28-20-11-9-16(10-12-20)14-24-27-21(25-26-22(27)29)18-6-2-1-3-7-18/h1-13,24H,14-15H2,(H,26,29). The maximum absolute atomic E-state index is 6.01. The van der Waals surface area contributed by atoms with Crippen LogP contribution in [-0.4, -0.2) is 14.9 Å². The van der Waals surface area contributed by atoms with E-state index < -0.39 is 0 Å². The Morgan fingerprint density at radius 3 is 2.52 bits per heavy atom. The molecule has 0 aliphatic carbocycles. The van der Waals surface area contributed by atoms with Gasteiger partial charge in [0.05, 0.1) is 6.54 Å². The molecule has 1 aromatic heterocycles. The molecule has 0 bridgehead atoms. The van der Waals surface area contributed by atoms with Crippen molar-refractivity contribution in [2.75, 3.05) is 5.43 Å². The number of aromatic amines is 1. The Hall–Kier alpha value is -3.09. The Morgan fingerprint density at radius 2 is 1.76 bits per heavy atom. The van der Waals surface area contributed by atoms with Gasteiger partial charge in [-0.2, -0.15) is 5.10 Å². The first-order valence-electron chi connectivity index (χ1n) is 9.12. The van der Waals surface area contributed by atoms with Crippen molar-refractivity contribution in [3.05, 3.63) is 99.8 Å². The molecule has 0 unspecified atom stereocenters. The molecular formula is C22H19ClN4OS. The van der Waals surface area contributed by atoms with Crippen LogP contribution in [0, 0.1) is 4.77 Å². The number of nitrogens with zero attached hydrogens (tertiary/aromatic N) is 2. The van der Waals surface area contributed by atoms with Gasteiger partial charge in [-0.15, -0.1) is 0 Å². The number of nitrogens with one attached hydrogen (secondary N) is 2. The first kappa shape index (κ1) is 19.2. The van der Waals surface area contributed by atoms with Gasteiger partial charge in [0.1, 0.15) is 12.4 Å². The van der Waals surface area contributed by atoms with Crippen molar-refractivity contribution in [2.24, 2.45) is 0 Å². The summed E-state index contributed by atoms with van der Waals surface area (Å²) < 4.78 is 8.14. The quantitative estimate of drug-likeness (QED) is 0.381. The molecule has 4 aromatic rings. The predicted molar refractivity (Wildman–Crippen MR) is 118 cm³/mol. The molecule has 0 fully saturated rings. The summed E-state index contributed by atoms with van der Waals surface area (Å²) in [5, 5.41) is 7.88. The van der Waals surface area contributed by atoms with Gasteiger partial charge in [-0.25, -0.2) is 9.77 Å². The lowest BCUT2D eigenvalue weighted by molar-refractivity contribution is 0.306. The van der Waals surface area contributed by atoms with Gasteiger partial charge in [-0.05, 0) is 47.6 Å². The Morgan fingerprint density at radius 1 is 0.966 bits per heavy atom. The summed E-state index contributed by atoms with van der Waals surface area (Å²) in [5.41, 5.74) is 6.44. The molecule has 2 N–H and O–H groups in total. The highest BCUT2D eigenvalue weighted by atomic mass is 35.5. The summed E-state index contributed by atoms with van der Waals surface area (Å²) >= 11 is 11.4. The smallest absolute Gasteiger partial charge is 0.214 e. The summed E-state index contributed by atoms with van der Waals surface area (Å²) in [6, 6.07) is 25.5. The summed E-state index contributed by atoms with van der Waals surface area (Å²) in [6.07, 6.45) is 0. The minimum atomic E-state index is 0.475. The lowest BCUT2D eigenvalue weighted by Crippen LogP contribution is -2.15. The third-order valence-corrected chi connectivity index (χ3v) is 4.87. The number of hydrogen-bond acceptors (Lipinski definition) is 4. The second-order valence-electron chi connectivity index (χ2n) is 6.45. The van der Waals surface area contributed by atoms with Crippen LogP contribution in [0.4, 0.5) is 0 Å². The van der Waals surface area contributed by atoms with Gasteiger partial charge in [0, 0.05) is 10.6 Å². The van der Waals surface area contributed by atoms with Crippen LogP contribution < -0.4 is 10.2 Å². The fourth-order valence-corrected chi connectivity index (χ4v) is 3.30. The molecule has 7 heteroatoms. The molecule has 0 atom stereocenters. The monoisotopic (exact) mass is 422 g/mol. The van der Waals surface area contributed by atoms with E-state index in [0.29, 0.717) is 22.9 Å². The van der Waals surface area contributed by atoms with Crippen molar-refractivity contribution >= 4 is 23.8 Å². The first-order chi connectivity index (χ1) is 14.2. The molecule has 0 amide bonds. The van der Waals surface area contributed by atoms with Gasteiger partial charge in [-0.1, -0.05) is 66.2 Å². The topological polar surface area (TPSA) is 54.9 Å². The lowest BCUT2D eigenvalue weighted by Gasteiger charge is -2.11. The van der Waals surface area contributed by atoms with Crippen molar-refractivity contribution in [2.45, 2.75) is 13.2 Å². The molecule has 1 heterocycles. The van der Waals surface area contributed by atoms with Gasteiger partial charge >= 0.3 is 0 Å². The van der Waals surface area contributed by atoms with Crippen LogP contribution >= 0.6 is 23.8 Å². The molecular weight excluding hydrogens is 404 g/mol. The van der Waals surface area contributed by atoms with E-state index in [1.807, 2.05) is 78.9 Å². The Labute approximate surface area is 178 Å². The highest BCUT2D eigenvalue weighted by molar-refractivity contribution is 7.71. The molecule has 0 aliphatic heterocycles. The zero-order valence-electron chi connectivity index (χ0n) is 15.5. The number of ether oxygens (including phenoxy) is 1. The van der Waals surface area contributed by atoms with Crippen LogP contribution in [0.25, 0.3) is 11.4 Å². The maximum atomic E-state index is 6.01. The fourth-order valence-electron chi connectivity index (χ4n) is 2.89. The van der Waals surface area contributed by atoms with E-state index in [2.05, 4.69) is 15.6 Å². The summed E-state index contributed by atoms with van der Waals surface area (Å²) in [5.74, 6) is 1.55. The van der Waals surface area contributed by atoms with Crippen LogP contribution in [0.1, 0.15) is 11.1 Å². The second kappa shape index (κ2) is 8.94. The van der Waals surface area contributed by atoms with Gasteiger partial charge in [0.25, 0.3) is 0 Å².